The van der Waals surface area contributed by atoms with Crippen LogP contribution in [0.15, 0.2) is 22.6 Å². The van der Waals surface area contributed by atoms with Crippen LogP contribution in [0.2, 0.25) is 0 Å². The van der Waals surface area contributed by atoms with Gasteiger partial charge in [0, 0.05) is 18.6 Å². The summed E-state index contributed by atoms with van der Waals surface area (Å²) in [5, 5.41) is 2.95. The van der Waals surface area contributed by atoms with Gasteiger partial charge in [0.05, 0.1) is 18.4 Å². The molecule has 0 radical (unpaired) electrons. The largest absolute Gasteiger partial charge is 0.496 e. The number of carbonyl (C=O) groups excluding carboxylic acids is 1. The predicted octanol–water partition coefficient (Wildman–Crippen LogP) is 1.99. The third-order valence-corrected chi connectivity index (χ3v) is 4.51. The zero-order chi connectivity index (χ0) is 19.3. The second-order valence-electron chi connectivity index (χ2n) is 7.08. The van der Waals surface area contributed by atoms with Gasteiger partial charge in [-0.3, -0.25) is 4.72 Å². The molecule has 1 saturated heterocycles. The fourth-order valence-corrected chi connectivity index (χ4v) is 3.30. The number of amidine groups is 1. The summed E-state index contributed by atoms with van der Waals surface area (Å²) in [6.45, 7) is 7.84. The lowest BCUT2D eigenvalue weighted by Gasteiger charge is -2.25. The summed E-state index contributed by atoms with van der Waals surface area (Å²) >= 11 is -1.48. The molecule has 1 aromatic carbocycles. The normalized spacial score (nSPS) is 18.7. The van der Waals surface area contributed by atoms with Gasteiger partial charge in [0.25, 0.3) is 0 Å². The van der Waals surface area contributed by atoms with Gasteiger partial charge < -0.3 is 20.7 Å². The Morgan fingerprint density at radius 3 is 2.58 bits per heavy atom. The topological polar surface area (TPSA) is 109 Å². The highest BCUT2D eigenvalue weighted by Gasteiger charge is 2.21. The molecule has 2 aliphatic rings. The number of nitrogens with zero attached hydrogens (tertiary/aromatic N) is 2. The van der Waals surface area contributed by atoms with Crippen LogP contribution < -0.4 is 20.5 Å². The minimum Gasteiger partial charge on any atom is -0.496 e. The molecule has 8 nitrogen and oxygen atoms in total. The van der Waals surface area contributed by atoms with Crippen LogP contribution in [-0.4, -0.2) is 46.7 Å². The van der Waals surface area contributed by atoms with Crippen molar-refractivity contribution < 1.29 is 13.7 Å². The zero-order valence-corrected chi connectivity index (χ0v) is 16.5. The summed E-state index contributed by atoms with van der Waals surface area (Å²) in [5.41, 5.74) is 6.88. The van der Waals surface area contributed by atoms with Crippen molar-refractivity contribution in [3.05, 3.63) is 23.8 Å². The number of nitrogens with two attached hydrogens (primary N) is 1. The molecule has 2 heterocycles. The van der Waals surface area contributed by atoms with Crippen LogP contribution >= 0.6 is 0 Å². The summed E-state index contributed by atoms with van der Waals surface area (Å²) in [5.74, 6) is 0.850. The Morgan fingerprint density at radius 1 is 1.35 bits per heavy atom. The van der Waals surface area contributed by atoms with Gasteiger partial charge >= 0.3 is 6.03 Å². The molecule has 9 heteroatoms. The second-order valence-corrected chi connectivity index (χ2v) is 7.97. The Labute approximate surface area is 156 Å². The lowest BCUT2D eigenvalue weighted by atomic mass is 10.1. The molecule has 1 atom stereocenters. The van der Waals surface area contributed by atoms with Gasteiger partial charge in [0.1, 0.15) is 11.6 Å². The smallest absolute Gasteiger partial charge is 0.317 e. The molecule has 2 aliphatic heterocycles. The van der Waals surface area contributed by atoms with Gasteiger partial charge in [-0.15, -0.1) is 0 Å². The molecule has 0 spiro atoms. The van der Waals surface area contributed by atoms with Crippen molar-refractivity contribution in [2.75, 3.05) is 24.9 Å². The molecule has 0 aromatic heterocycles. The van der Waals surface area contributed by atoms with Gasteiger partial charge in [-0.1, -0.05) is 6.07 Å². The van der Waals surface area contributed by atoms with E-state index in [0.717, 1.165) is 25.9 Å². The summed E-state index contributed by atoms with van der Waals surface area (Å²) in [4.78, 5) is 13.4. The van der Waals surface area contributed by atoms with Gasteiger partial charge in [-0.2, -0.15) is 4.40 Å². The summed E-state index contributed by atoms with van der Waals surface area (Å²) in [6.07, 6.45) is 2.30. The van der Waals surface area contributed by atoms with Crippen LogP contribution in [0.4, 0.5) is 10.5 Å². The Balaban J connectivity index is 0.000000190. The quantitative estimate of drug-likeness (QED) is 0.691. The number of urea groups is 1. The number of carbonyl (C=O) groups is 1. The Morgan fingerprint density at radius 2 is 2.00 bits per heavy atom. The first-order chi connectivity index (χ1) is 12.2. The Kier molecular flexibility index (Phi) is 6.47. The van der Waals surface area contributed by atoms with Crippen LogP contribution in [0, 0.1) is 0 Å². The highest BCUT2D eigenvalue weighted by Crippen LogP contribution is 2.28. The first-order valence-corrected chi connectivity index (χ1v) is 9.59. The fraction of sp³-hybridized carbons (Fsp3) is 0.529. The maximum absolute atomic E-state index is 11.5. The Hall–Kier alpha value is -2.29. The first-order valence-electron chi connectivity index (χ1n) is 8.48. The van der Waals surface area contributed by atoms with E-state index in [1.165, 1.54) is 0 Å². The van der Waals surface area contributed by atoms with Gasteiger partial charge in [0.15, 0.2) is 0 Å². The molecule has 26 heavy (non-hydrogen) atoms. The standard InChI is InChI=1S/C9H18N2O.C8H9N3O2S/c1-9(2,3)10-8(12)11-6-4-5-7-11;1-13-6-4-2-3-5-7(6)8(9)11-14(12)10-5/h4-7H2,1-3H3,(H,10,12);2-4,10H,1H3,(H2,9,11). The number of benzene rings is 1. The van der Waals surface area contributed by atoms with E-state index in [0.29, 0.717) is 17.0 Å². The number of amides is 2. The number of nitrogens with one attached hydrogen (secondary N) is 2. The van der Waals surface area contributed by atoms with Gasteiger partial charge in [-0.05, 0) is 45.7 Å². The van der Waals surface area contributed by atoms with Crippen molar-refractivity contribution in [3.63, 3.8) is 0 Å². The molecular formula is C17H27N5O3S. The number of anilines is 1. The molecular weight excluding hydrogens is 354 g/mol. The maximum atomic E-state index is 11.5. The molecule has 0 aliphatic carbocycles. The number of ether oxygens (including phenoxy) is 1. The molecule has 144 valence electrons. The van der Waals surface area contributed by atoms with E-state index in [2.05, 4.69) is 14.4 Å². The number of hydrogen-bond acceptors (Lipinski definition) is 4. The number of fused-ring (bicyclic) bond motifs is 1. The average molecular weight is 382 g/mol. The van der Waals surface area contributed by atoms with Crippen LogP contribution in [-0.2, 0) is 11.2 Å². The molecule has 1 unspecified atom stereocenters. The molecule has 1 aromatic rings. The molecule has 4 N–H and O–H groups in total. The fourth-order valence-electron chi connectivity index (χ4n) is 2.62. The van der Waals surface area contributed by atoms with E-state index in [-0.39, 0.29) is 17.4 Å². The lowest BCUT2D eigenvalue weighted by molar-refractivity contribution is 0.199. The summed E-state index contributed by atoms with van der Waals surface area (Å²) in [6, 6.07) is 5.43. The average Bonchev–Trinajstić information content (AvgIpc) is 3.07. The first kappa shape index (κ1) is 20.0. The minimum atomic E-state index is -1.48. The number of likely N-dealkylation sites (tertiary alicyclic amines) is 1. The van der Waals surface area contributed by atoms with Crippen LogP contribution in [0.25, 0.3) is 0 Å². The number of rotatable bonds is 1. The second kappa shape index (κ2) is 8.39. The van der Waals surface area contributed by atoms with E-state index >= 15 is 0 Å². The number of hydrogen-bond donors (Lipinski definition) is 3. The van der Waals surface area contributed by atoms with Crippen molar-refractivity contribution in [1.82, 2.24) is 10.2 Å². The highest BCUT2D eigenvalue weighted by molar-refractivity contribution is 7.85. The SMILES string of the molecule is CC(C)(C)NC(=O)N1CCCC1.COc1cccc2c1C(N)=NS(=O)N2. The van der Waals surface area contributed by atoms with E-state index in [9.17, 15) is 9.00 Å². The Bertz CT molecular complexity index is 709. The van der Waals surface area contributed by atoms with Crippen LogP contribution in [0.3, 0.4) is 0 Å². The molecule has 2 amide bonds. The van der Waals surface area contributed by atoms with Gasteiger partial charge in [-0.25, -0.2) is 9.00 Å². The summed E-state index contributed by atoms with van der Waals surface area (Å²) < 4.78 is 22.6. The molecule has 0 saturated carbocycles. The van der Waals surface area contributed by atoms with Crippen LogP contribution in [0.1, 0.15) is 39.2 Å². The lowest BCUT2D eigenvalue weighted by Crippen LogP contribution is -2.47. The van der Waals surface area contributed by atoms with Crippen molar-refractivity contribution in [1.29, 1.82) is 0 Å². The molecule has 3 rings (SSSR count). The number of methoxy groups -OCH3 is 1. The van der Waals surface area contributed by atoms with Crippen molar-refractivity contribution >= 4 is 28.7 Å². The van der Waals surface area contributed by atoms with Crippen LogP contribution in [0.5, 0.6) is 5.75 Å². The summed E-state index contributed by atoms with van der Waals surface area (Å²) in [7, 11) is 1.55. The van der Waals surface area contributed by atoms with Crippen molar-refractivity contribution in [2.45, 2.75) is 39.2 Å². The zero-order valence-electron chi connectivity index (χ0n) is 15.7. The minimum absolute atomic E-state index is 0.0833. The highest BCUT2D eigenvalue weighted by atomic mass is 32.2. The maximum Gasteiger partial charge on any atom is 0.317 e. The van der Waals surface area contributed by atoms with E-state index in [1.54, 1.807) is 25.3 Å². The monoisotopic (exact) mass is 381 g/mol. The molecule has 1 fully saturated rings. The van der Waals surface area contributed by atoms with Crippen molar-refractivity contribution in [2.24, 2.45) is 10.1 Å². The third kappa shape index (κ3) is 5.35. The van der Waals surface area contributed by atoms with E-state index in [4.69, 9.17) is 10.5 Å². The van der Waals surface area contributed by atoms with Gasteiger partial charge in [0.2, 0.25) is 11.2 Å². The van der Waals surface area contributed by atoms with Crippen molar-refractivity contribution in [3.8, 4) is 5.75 Å². The van der Waals surface area contributed by atoms with E-state index < -0.39 is 11.2 Å². The predicted molar refractivity (Wildman–Crippen MR) is 105 cm³/mol. The third-order valence-electron chi connectivity index (χ3n) is 3.76. The van der Waals surface area contributed by atoms with E-state index in [1.807, 2.05) is 25.7 Å². The molecule has 0 bridgehead atoms.